The molecule has 0 aliphatic carbocycles. The lowest BCUT2D eigenvalue weighted by atomic mass is 10.3. The molecule has 1 fully saturated rings. The van der Waals surface area contributed by atoms with E-state index in [2.05, 4.69) is 45.4 Å². The van der Waals surface area contributed by atoms with Crippen LogP contribution in [0.2, 0.25) is 19.6 Å². The zero-order chi connectivity index (χ0) is 13.4. The predicted octanol–water partition coefficient (Wildman–Crippen LogP) is 3.61. The maximum absolute atomic E-state index is 10.0. The Morgan fingerprint density at radius 1 is 1.38 bits per heavy atom. The first-order chi connectivity index (χ1) is 7.10. The number of epoxide rings is 1. The highest BCUT2D eigenvalue weighted by molar-refractivity contribution is 6.80. The average Bonchev–Trinajstić information content (AvgIpc) is 2.88. The fourth-order valence-electron chi connectivity index (χ4n) is 0.0962. The lowest BCUT2D eigenvalue weighted by Crippen LogP contribution is -2.14. The van der Waals surface area contributed by atoms with Gasteiger partial charge in [-0.2, -0.15) is 0 Å². The molecule has 0 aromatic heterocycles. The number of Topliss-reactive ketones (excluding diaryl/α,β-unsaturated/α-hetero) is 1. The maximum atomic E-state index is 10.0. The number of allylic oxidation sites excluding steroid dienone is 1. The molecule has 1 heterocycles. The number of hydrogen-bond donors (Lipinski definition) is 0. The standard InChI is InChI=1S/C5H8O.C5H12Si.C3H6O/c1-4(2)5(3)6;1-5-6(2,3)4;1-3-2-4-3/h1H2,2-3H3;5H,1H2,2-4H3;3H,2H2,1H3. The highest BCUT2D eigenvalue weighted by atomic mass is 28.3. The molecule has 0 aromatic carbocycles. The third kappa shape index (κ3) is 23.3. The van der Waals surface area contributed by atoms with Crippen molar-refractivity contribution in [3.63, 3.8) is 0 Å². The molecule has 0 saturated carbocycles. The molecule has 3 heteroatoms. The van der Waals surface area contributed by atoms with Crippen molar-refractivity contribution in [2.75, 3.05) is 6.61 Å². The van der Waals surface area contributed by atoms with E-state index in [4.69, 9.17) is 4.74 Å². The lowest BCUT2D eigenvalue weighted by molar-refractivity contribution is -0.113. The smallest absolute Gasteiger partial charge is 0.154 e. The first-order valence-corrected chi connectivity index (χ1v) is 9.09. The summed E-state index contributed by atoms with van der Waals surface area (Å²) < 4.78 is 4.71. The number of hydrogen-bond acceptors (Lipinski definition) is 2. The van der Waals surface area contributed by atoms with E-state index in [0.717, 1.165) is 6.61 Å². The number of ketones is 1. The van der Waals surface area contributed by atoms with Crippen LogP contribution >= 0.6 is 0 Å². The van der Waals surface area contributed by atoms with E-state index in [1.54, 1.807) is 6.92 Å². The second-order valence-corrected chi connectivity index (χ2v) is 10.2. The van der Waals surface area contributed by atoms with Crippen LogP contribution in [0.25, 0.3) is 0 Å². The predicted molar refractivity (Wildman–Crippen MR) is 74.5 cm³/mol. The molecule has 1 saturated heterocycles. The summed E-state index contributed by atoms with van der Waals surface area (Å²) in [5.74, 6) is 0.0648. The zero-order valence-electron chi connectivity index (χ0n) is 11.6. The van der Waals surface area contributed by atoms with Crippen LogP contribution in [-0.4, -0.2) is 26.6 Å². The van der Waals surface area contributed by atoms with E-state index in [9.17, 15) is 4.79 Å². The number of carbonyl (C=O) groups excluding carboxylic acids is 1. The van der Waals surface area contributed by atoms with E-state index in [1.165, 1.54) is 6.92 Å². The van der Waals surface area contributed by atoms with Crippen LogP contribution in [0.5, 0.6) is 0 Å². The Morgan fingerprint density at radius 2 is 1.56 bits per heavy atom. The van der Waals surface area contributed by atoms with Crippen molar-refractivity contribution in [2.24, 2.45) is 0 Å². The summed E-state index contributed by atoms with van der Waals surface area (Å²) in [6.45, 7) is 20.1. The summed E-state index contributed by atoms with van der Waals surface area (Å²) in [5, 5.41) is 0. The molecule has 16 heavy (non-hydrogen) atoms. The second kappa shape index (κ2) is 8.48. The van der Waals surface area contributed by atoms with E-state index < -0.39 is 8.07 Å². The SMILES string of the molecule is C=C(C)C(C)=O.C=C[Si](C)(C)C.CC1CO1. The Labute approximate surface area is 101 Å². The van der Waals surface area contributed by atoms with Gasteiger partial charge in [0.1, 0.15) is 0 Å². The van der Waals surface area contributed by atoms with Crippen LogP contribution in [0.1, 0.15) is 20.8 Å². The number of carbonyl (C=O) groups is 1. The van der Waals surface area contributed by atoms with Crippen LogP contribution in [-0.2, 0) is 9.53 Å². The van der Waals surface area contributed by atoms with Crippen molar-refractivity contribution >= 4 is 13.9 Å². The van der Waals surface area contributed by atoms with Gasteiger partial charge in [-0.25, -0.2) is 0 Å². The van der Waals surface area contributed by atoms with Gasteiger partial charge in [0.15, 0.2) is 5.78 Å². The molecule has 0 aromatic rings. The molecule has 0 bridgehead atoms. The molecule has 1 unspecified atom stereocenters. The van der Waals surface area contributed by atoms with Crippen molar-refractivity contribution in [2.45, 2.75) is 46.5 Å². The van der Waals surface area contributed by atoms with E-state index in [0.29, 0.717) is 11.7 Å². The molecule has 1 rings (SSSR count). The van der Waals surface area contributed by atoms with Crippen molar-refractivity contribution in [3.05, 3.63) is 24.4 Å². The first kappa shape index (κ1) is 17.7. The van der Waals surface area contributed by atoms with E-state index in [-0.39, 0.29) is 5.78 Å². The van der Waals surface area contributed by atoms with Crippen LogP contribution < -0.4 is 0 Å². The summed E-state index contributed by atoms with van der Waals surface area (Å²) in [7, 11) is -0.867. The first-order valence-electron chi connectivity index (χ1n) is 5.51. The van der Waals surface area contributed by atoms with Crippen molar-refractivity contribution in [1.29, 1.82) is 0 Å². The Bertz CT molecular complexity index is 223. The van der Waals surface area contributed by atoms with Gasteiger partial charge < -0.3 is 4.74 Å². The van der Waals surface area contributed by atoms with E-state index in [1.807, 2.05) is 0 Å². The summed E-state index contributed by atoms with van der Waals surface area (Å²) in [5.41, 5.74) is 2.70. The molecular weight excluding hydrogens is 216 g/mol. The fraction of sp³-hybridized carbons (Fsp3) is 0.615. The minimum absolute atomic E-state index is 0.0648. The van der Waals surface area contributed by atoms with Crippen molar-refractivity contribution in [1.82, 2.24) is 0 Å². The largest absolute Gasteiger partial charge is 0.373 e. The van der Waals surface area contributed by atoms with Gasteiger partial charge in [-0.15, -0.1) is 12.3 Å². The lowest BCUT2D eigenvalue weighted by Gasteiger charge is -2.04. The molecule has 1 aliphatic heterocycles. The topological polar surface area (TPSA) is 29.6 Å². The molecular formula is C13H26O2Si. The molecule has 0 spiro atoms. The van der Waals surface area contributed by atoms with Gasteiger partial charge >= 0.3 is 0 Å². The number of ether oxygens (including phenoxy) is 1. The minimum Gasteiger partial charge on any atom is -0.373 e. The van der Waals surface area contributed by atoms with Gasteiger partial charge in [0, 0.05) is 0 Å². The normalized spacial score (nSPS) is 17.0. The summed E-state index contributed by atoms with van der Waals surface area (Å²) >= 11 is 0. The molecule has 2 nitrogen and oxygen atoms in total. The summed E-state index contributed by atoms with van der Waals surface area (Å²) in [6, 6.07) is 0. The monoisotopic (exact) mass is 242 g/mol. The third-order valence-corrected chi connectivity index (χ3v) is 2.94. The van der Waals surface area contributed by atoms with Crippen molar-refractivity contribution < 1.29 is 9.53 Å². The Balaban J connectivity index is 0. The molecule has 1 aliphatic rings. The summed E-state index contributed by atoms with van der Waals surface area (Å²) in [6.07, 6.45) is 0.583. The van der Waals surface area contributed by atoms with Crippen LogP contribution in [0.15, 0.2) is 24.4 Å². The Hall–Kier alpha value is -0.673. The zero-order valence-corrected chi connectivity index (χ0v) is 12.6. The van der Waals surface area contributed by atoms with Gasteiger partial charge in [-0.05, 0) is 26.3 Å². The van der Waals surface area contributed by atoms with E-state index >= 15 is 0 Å². The molecule has 0 amide bonds. The number of rotatable bonds is 2. The average molecular weight is 242 g/mol. The molecule has 94 valence electrons. The quantitative estimate of drug-likeness (QED) is 0.420. The Morgan fingerprint density at radius 3 is 1.56 bits per heavy atom. The van der Waals surface area contributed by atoms with Gasteiger partial charge in [0.2, 0.25) is 0 Å². The Kier molecular flexibility index (Phi) is 9.38. The molecule has 0 radical (unpaired) electrons. The molecule has 1 atom stereocenters. The van der Waals surface area contributed by atoms with Crippen LogP contribution in [0.3, 0.4) is 0 Å². The fourth-order valence-corrected chi connectivity index (χ4v) is 0.0962. The molecule has 0 N–H and O–H groups in total. The second-order valence-electron chi connectivity index (χ2n) is 5.05. The minimum atomic E-state index is -0.867. The third-order valence-electron chi connectivity index (χ3n) is 1.71. The van der Waals surface area contributed by atoms with Crippen molar-refractivity contribution in [3.8, 4) is 0 Å². The van der Waals surface area contributed by atoms with Crippen LogP contribution in [0, 0.1) is 0 Å². The van der Waals surface area contributed by atoms with Crippen LogP contribution in [0.4, 0.5) is 0 Å². The van der Waals surface area contributed by atoms with Gasteiger partial charge in [-0.1, -0.05) is 26.2 Å². The highest BCUT2D eigenvalue weighted by Crippen LogP contribution is 2.04. The van der Waals surface area contributed by atoms with Gasteiger partial charge in [0.25, 0.3) is 0 Å². The summed E-state index contributed by atoms with van der Waals surface area (Å²) in [4.78, 5) is 10.0. The van der Waals surface area contributed by atoms with Gasteiger partial charge in [0.05, 0.1) is 20.8 Å². The maximum Gasteiger partial charge on any atom is 0.154 e. The highest BCUT2D eigenvalue weighted by Gasteiger charge is 2.13. The van der Waals surface area contributed by atoms with Gasteiger partial charge in [-0.3, -0.25) is 4.79 Å².